The fourth-order valence-electron chi connectivity index (χ4n) is 2.02. The van der Waals surface area contributed by atoms with Crippen molar-refractivity contribution in [2.24, 2.45) is 5.92 Å². The van der Waals surface area contributed by atoms with Crippen molar-refractivity contribution in [2.75, 3.05) is 26.8 Å². The molecule has 0 amide bonds. The first-order chi connectivity index (χ1) is 9.63. The molecule has 0 saturated heterocycles. The van der Waals surface area contributed by atoms with Gasteiger partial charge in [-0.15, -0.1) is 0 Å². The largest absolute Gasteiger partial charge is 0.492 e. The highest BCUT2D eigenvalue weighted by Crippen LogP contribution is 2.33. The van der Waals surface area contributed by atoms with Gasteiger partial charge in [-0.1, -0.05) is 44.6 Å². The van der Waals surface area contributed by atoms with Crippen LogP contribution in [-0.2, 0) is 0 Å². The summed E-state index contributed by atoms with van der Waals surface area (Å²) in [6.07, 6.45) is 2.20. The van der Waals surface area contributed by atoms with Crippen molar-refractivity contribution >= 4 is 6.08 Å². The molecular weight excluding hydrogens is 250 g/mol. The Morgan fingerprint density at radius 3 is 2.60 bits per heavy atom. The van der Waals surface area contributed by atoms with E-state index in [0.29, 0.717) is 12.5 Å². The molecule has 1 aromatic rings. The molecule has 112 valence electrons. The Bertz CT molecular complexity index is 439. The van der Waals surface area contributed by atoms with Crippen LogP contribution in [0.25, 0.3) is 6.08 Å². The van der Waals surface area contributed by atoms with E-state index in [0.717, 1.165) is 30.2 Å². The summed E-state index contributed by atoms with van der Waals surface area (Å²) in [5, 5.41) is 3.39. The molecule has 0 radical (unpaired) electrons. The number of para-hydroxylation sites is 1. The molecule has 0 heterocycles. The summed E-state index contributed by atoms with van der Waals surface area (Å²) in [6, 6.07) is 6.01. The van der Waals surface area contributed by atoms with Gasteiger partial charge in [0.1, 0.15) is 0 Å². The Hall–Kier alpha value is -1.48. The third-order valence-corrected chi connectivity index (χ3v) is 3.17. The summed E-state index contributed by atoms with van der Waals surface area (Å²) in [5.41, 5.74) is 2.43. The van der Waals surface area contributed by atoms with Gasteiger partial charge >= 0.3 is 0 Å². The van der Waals surface area contributed by atoms with Gasteiger partial charge in [0, 0.05) is 12.1 Å². The van der Waals surface area contributed by atoms with E-state index in [4.69, 9.17) is 9.47 Å². The Labute approximate surface area is 123 Å². The van der Waals surface area contributed by atoms with Crippen molar-refractivity contribution in [1.82, 2.24) is 5.32 Å². The summed E-state index contributed by atoms with van der Waals surface area (Å²) in [5.74, 6) is 2.11. The maximum absolute atomic E-state index is 5.62. The van der Waals surface area contributed by atoms with Gasteiger partial charge in [-0.25, -0.2) is 0 Å². The zero-order valence-electron chi connectivity index (χ0n) is 13.3. The topological polar surface area (TPSA) is 30.5 Å². The molecule has 0 bridgehead atoms. The van der Waals surface area contributed by atoms with Crippen LogP contribution in [-0.4, -0.2) is 26.8 Å². The molecule has 0 atom stereocenters. The van der Waals surface area contributed by atoms with E-state index >= 15 is 0 Å². The lowest BCUT2D eigenvalue weighted by Crippen LogP contribution is -2.18. The number of rotatable bonds is 8. The first kappa shape index (κ1) is 16.6. The second kappa shape index (κ2) is 8.64. The van der Waals surface area contributed by atoms with Gasteiger partial charge in [0.25, 0.3) is 0 Å². The van der Waals surface area contributed by atoms with Crippen LogP contribution in [0, 0.1) is 5.92 Å². The summed E-state index contributed by atoms with van der Waals surface area (Å²) in [4.78, 5) is 0. The Kier molecular flexibility index (Phi) is 7.16. The molecule has 0 aliphatic heterocycles. The van der Waals surface area contributed by atoms with Crippen LogP contribution in [0.15, 0.2) is 23.8 Å². The van der Waals surface area contributed by atoms with Gasteiger partial charge in [0.15, 0.2) is 11.5 Å². The van der Waals surface area contributed by atoms with Crippen LogP contribution in [0.4, 0.5) is 0 Å². The normalized spacial score (nSPS) is 11.8. The molecule has 0 saturated carbocycles. The lowest BCUT2D eigenvalue weighted by atomic mass is 9.99. The number of hydrogen-bond acceptors (Lipinski definition) is 3. The lowest BCUT2D eigenvalue weighted by Gasteiger charge is -2.15. The van der Waals surface area contributed by atoms with Crippen LogP contribution in [0.3, 0.4) is 0 Å². The zero-order chi connectivity index (χ0) is 15.0. The van der Waals surface area contributed by atoms with E-state index in [-0.39, 0.29) is 0 Å². The Morgan fingerprint density at radius 2 is 2.05 bits per heavy atom. The van der Waals surface area contributed by atoms with Crippen molar-refractivity contribution in [2.45, 2.75) is 27.7 Å². The maximum Gasteiger partial charge on any atom is 0.167 e. The predicted octanol–water partition coefficient (Wildman–Crippen LogP) is 3.74. The second-order valence-corrected chi connectivity index (χ2v) is 4.97. The van der Waals surface area contributed by atoms with Crippen LogP contribution in [0.1, 0.15) is 33.3 Å². The Morgan fingerprint density at radius 1 is 1.30 bits per heavy atom. The predicted molar refractivity (Wildman–Crippen MR) is 85.5 cm³/mol. The van der Waals surface area contributed by atoms with Crippen molar-refractivity contribution in [3.05, 3.63) is 29.3 Å². The molecule has 3 nitrogen and oxygen atoms in total. The van der Waals surface area contributed by atoms with Crippen molar-refractivity contribution in [1.29, 1.82) is 0 Å². The lowest BCUT2D eigenvalue weighted by molar-refractivity contribution is 0.310. The number of ether oxygens (including phenoxy) is 2. The molecule has 1 N–H and O–H groups in total. The highest BCUT2D eigenvalue weighted by atomic mass is 16.5. The van der Waals surface area contributed by atoms with Gasteiger partial charge < -0.3 is 14.8 Å². The fourth-order valence-corrected chi connectivity index (χ4v) is 2.02. The summed E-state index contributed by atoms with van der Waals surface area (Å²) in [7, 11) is 1.69. The number of methoxy groups -OCH3 is 1. The molecule has 0 fully saturated rings. The standard InChI is InChI=1S/C17H27NO2/c1-6-18-12-15(13(3)4)11-14-9-8-10-16(20-7-2)17(14)19-5/h8-11,13,18H,6-7,12H2,1-5H3. The van der Waals surface area contributed by atoms with E-state index in [1.165, 1.54) is 5.57 Å². The second-order valence-electron chi connectivity index (χ2n) is 4.97. The molecule has 1 aromatic carbocycles. The minimum Gasteiger partial charge on any atom is -0.492 e. The zero-order valence-corrected chi connectivity index (χ0v) is 13.3. The minimum absolute atomic E-state index is 0.495. The molecule has 0 aromatic heterocycles. The van der Waals surface area contributed by atoms with E-state index < -0.39 is 0 Å². The number of likely N-dealkylation sites (N-methyl/N-ethyl adjacent to an activating group) is 1. The third-order valence-electron chi connectivity index (χ3n) is 3.17. The van der Waals surface area contributed by atoms with Gasteiger partial charge in [-0.05, 0) is 25.5 Å². The van der Waals surface area contributed by atoms with Crippen LogP contribution < -0.4 is 14.8 Å². The minimum atomic E-state index is 0.495. The van der Waals surface area contributed by atoms with E-state index in [1.807, 2.05) is 19.1 Å². The summed E-state index contributed by atoms with van der Waals surface area (Å²) < 4.78 is 11.1. The van der Waals surface area contributed by atoms with Gasteiger partial charge in [-0.3, -0.25) is 0 Å². The number of hydrogen-bond donors (Lipinski definition) is 1. The first-order valence-electron chi connectivity index (χ1n) is 7.34. The quantitative estimate of drug-likeness (QED) is 0.785. The molecule has 1 rings (SSSR count). The van der Waals surface area contributed by atoms with Crippen molar-refractivity contribution in [3.8, 4) is 11.5 Å². The monoisotopic (exact) mass is 277 g/mol. The molecule has 3 heteroatoms. The van der Waals surface area contributed by atoms with E-state index in [1.54, 1.807) is 7.11 Å². The van der Waals surface area contributed by atoms with Crippen LogP contribution in [0.2, 0.25) is 0 Å². The first-order valence-corrected chi connectivity index (χ1v) is 7.34. The number of benzene rings is 1. The van der Waals surface area contributed by atoms with Crippen LogP contribution in [0.5, 0.6) is 11.5 Å². The number of nitrogens with one attached hydrogen (secondary N) is 1. The maximum atomic E-state index is 5.62. The summed E-state index contributed by atoms with van der Waals surface area (Å²) in [6.45, 7) is 11.0. The summed E-state index contributed by atoms with van der Waals surface area (Å²) >= 11 is 0. The average Bonchev–Trinajstić information content (AvgIpc) is 2.43. The fraction of sp³-hybridized carbons (Fsp3) is 0.529. The van der Waals surface area contributed by atoms with E-state index in [9.17, 15) is 0 Å². The third kappa shape index (κ3) is 4.57. The van der Waals surface area contributed by atoms with Gasteiger partial charge in [0.05, 0.1) is 13.7 Å². The average molecular weight is 277 g/mol. The molecule has 0 unspecified atom stereocenters. The molecular formula is C17H27NO2. The van der Waals surface area contributed by atoms with Crippen molar-refractivity contribution in [3.63, 3.8) is 0 Å². The smallest absolute Gasteiger partial charge is 0.167 e. The molecule has 0 aliphatic carbocycles. The van der Waals surface area contributed by atoms with Gasteiger partial charge in [0.2, 0.25) is 0 Å². The highest BCUT2D eigenvalue weighted by Gasteiger charge is 2.10. The molecule has 0 spiro atoms. The van der Waals surface area contributed by atoms with Gasteiger partial charge in [-0.2, -0.15) is 0 Å². The molecule has 0 aliphatic rings. The molecule has 20 heavy (non-hydrogen) atoms. The SMILES string of the molecule is CCNCC(=Cc1cccc(OCC)c1OC)C(C)C. The van der Waals surface area contributed by atoms with E-state index in [2.05, 4.69) is 38.2 Å². The van der Waals surface area contributed by atoms with Crippen molar-refractivity contribution < 1.29 is 9.47 Å². The van der Waals surface area contributed by atoms with Crippen LogP contribution >= 0.6 is 0 Å². The highest BCUT2D eigenvalue weighted by molar-refractivity contribution is 5.64. The Balaban J connectivity index is 3.12.